The third-order valence-corrected chi connectivity index (χ3v) is 7.89. The summed E-state index contributed by atoms with van der Waals surface area (Å²) in [6.45, 7) is 1.68. The highest BCUT2D eigenvalue weighted by atomic mass is 35.5. The smallest absolute Gasteiger partial charge is 0.240 e. The van der Waals surface area contributed by atoms with Gasteiger partial charge >= 0.3 is 0 Å². The van der Waals surface area contributed by atoms with Gasteiger partial charge in [-0.25, -0.2) is 13.1 Å². The van der Waals surface area contributed by atoms with Gasteiger partial charge in [0.1, 0.15) is 0 Å². The van der Waals surface area contributed by atoms with E-state index >= 15 is 0 Å². The standard InChI is InChI=1S/C23H24ClNO4S/c1-14-22(26)13-17(23(14)27)11-15-3-2-4-16-12-19(7-10-21(15)16)25-30(28,29)20-8-5-18(24)6-9-20/h2-6,8-9,17,19,25-26H,7,10-13H2,1H3. The van der Waals surface area contributed by atoms with E-state index in [1.54, 1.807) is 19.1 Å². The van der Waals surface area contributed by atoms with Crippen molar-refractivity contribution in [3.05, 3.63) is 75.5 Å². The van der Waals surface area contributed by atoms with Gasteiger partial charge in [0.15, 0.2) is 5.78 Å². The lowest BCUT2D eigenvalue weighted by Crippen LogP contribution is -2.39. The van der Waals surface area contributed by atoms with Crippen molar-refractivity contribution in [2.45, 2.75) is 50.0 Å². The summed E-state index contributed by atoms with van der Waals surface area (Å²) in [5.41, 5.74) is 3.91. The molecule has 30 heavy (non-hydrogen) atoms. The second-order valence-electron chi connectivity index (χ2n) is 8.11. The number of aliphatic hydroxyl groups is 1. The van der Waals surface area contributed by atoms with Crippen LogP contribution in [0.25, 0.3) is 0 Å². The second-order valence-corrected chi connectivity index (χ2v) is 10.3. The Kier molecular flexibility index (Phi) is 5.75. The Hall–Kier alpha value is -2.15. The zero-order valence-electron chi connectivity index (χ0n) is 16.7. The number of rotatable bonds is 5. The number of carbonyl (C=O) groups is 1. The summed E-state index contributed by atoms with van der Waals surface area (Å²) in [5, 5.41) is 10.4. The van der Waals surface area contributed by atoms with Crippen molar-refractivity contribution >= 4 is 27.4 Å². The van der Waals surface area contributed by atoms with Gasteiger partial charge in [0.05, 0.1) is 10.7 Å². The van der Waals surface area contributed by atoms with Crippen LogP contribution in [0.2, 0.25) is 5.02 Å². The molecule has 2 aromatic rings. The zero-order chi connectivity index (χ0) is 21.5. The summed E-state index contributed by atoms with van der Waals surface area (Å²) in [5.74, 6) is 0.0126. The monoisotopic (exact) mass is 445 g/mol. The van der Waals surface area contributed by atoms with Crippen LogP contribution < -0.4 is 4.72 Å². The number of sulfonamides is 1. The molecular weight excluding hydrogens is 422 g/mol. The summed E-state index contributed by atoms with van der Waals surface area (Å²) in [7, 11) is -3.61. The lowest BCUT2D eigenvalue weighted by Gasteiger charge is -2.27. The molecule has 2 unspecified atom stereocenters. The minimum atomic E-state index is -3.61. The molecule has 158 valence electrons. The van der Waals surface area contributed by atoms with Gasteiger partial charge in [0.25, 0.3) is 0 Å². The number of fused-ring (bicyclic) bond motifs is 1. The fraction of sp³-hybridized carbons (Fsp3) is 0.348. The maximum absolute atomic E-state index is 12.7. The highest BCUT2D eigenvalue weighted by Gasteiger charge is 2.32. The van der Waals surface area contributed by atoms with Crippen LogP contribution in [0.5, 0.6) is 0 Å². The number of aliphatic hydroxyl groups excluding tert-OH is 1. The Bertz CT molecular complexity index is 1120. The molecule has 0 bridgehead atoms. The van der Waals surface area contributed by atoms with Gasteiger partial charge in [-0.15, -0.1) is 0 Å². The molecule has 5 nitrogen and oxygen atoms in total. The maximum Gasteiger partial charge on any atom is 0.240 e. The molecule has 0 spiro atoms. The van der Waals surface area contributed by atoms with E-state index in [1.165, 1.54) is 17.7 Å². The molecule has 0 aliphatic heterocycles. The van der Waals surface area contributed by atoms with Crippen LogP contribution in [0.4, 0.5) is 0 Å². The first kappa shape index (κ1) is 21.1. The third-order valence-electron chi connectivity index (χ3n) is 6.10. The molecule has 0 saturated heterocycles. The van der Waals surface area contributed by atoms with Crippen molar-refractivity contribution in [1.29, 1.82) is 0 Å². The number of carbonyl (C=O) groups excluding carboxylic acids is 1. The first-order valence-corrected chi connectivity index (χ1v) is 11.9. The van der Waals surface area contributed by atoms with Crippen molar-refractivity contribution in [2.24, 2.45) is 5.92 Å². The number of ketones is 1. The average molecular weight is 446 g/mol. The Labute approximate surface area is 181 Å². The molecule has 0 heterocycles. The lowest BCUT2D eigenvalue weighted by molar-refractivity contribution is -0.118. The van der Waals surface area contributed by atoms with Gasteiger partial charge in [-0.2, -0.15) is 0 Å². The van der Waals surface area contributed by atoms with Crippen LogP contribution in [0.15, 0.2) is 58.7 Å². The molecule has 7 heteroatoms. The largest absolute Gasteiger partial charge is 0.512 e. The minimum Gasteiger partial charge on any atom is -0.512 e. The first-order valence-electron chi connectivity index (χ1n) is 10.0. The molecule has 4 rings (SSSR count). The predicted molar refractivity (Wildman–Crippen MR) is 116 cm³/mol. The molecule has 2 aliphatic carbocycles. The van der Waals surface area contributed by atoms with E-state index in [2.05, 4.69) is 4.72 Å². The molecule has 0 saturated carbocycles. The highest BCUT2D eigenvalue weighted by molar-refractivity contribution is 7.89. The van der Waals surface area contributed by atoms with Crippen molar-refractivity contribution in [1.82, 2.24) is 4.72 Å². The number of allylic oxidation sites excluding steroid dienone is 2. The molecule has 2 atom stereocenters. The Morgan fingerprint density at radius 2 is 1.87 bits per heavy atom. The minimum absolute atomic E-state index is 0.0227. The number of Topliss-reactive ketones (excluding diaryl/α,β-unsaturated/α-hetero) is 1. The molecule has 0 fully saturated rings. The van der Waals surface area contributed by atoms with Gasteiger partial charge in [-0.05, 0) is 73.6 Å². The number of halogens is 1. The van der Waals surface area contributed by atoms with Gasteiger partial charge < -0.3 is 5.11 Å². The summed E-state index contributed by atoms with van der Waals surface area (Å²) >= 11 is 5.86. The Balaban J connectivity index is 1.48. The zero-order valence-corrected chi connectivity index (χ0v) is 18.3. The van der Waals surface area contributed by atoms with E-state index in [0.717, 1.165) is 17.5 Å². The fourth-order valence-corrected chi connectivity index (χ4v) is 5.83. The van der Waals surface area contributed by atoms with Crippen molar-refractivity contribution in [3.8, 4) is 0 Å². The van der Waals surface area contributed by atoms with Gasteiger partial charge in [-0.3, -0.25) is 4.79 Å². The molecular formula is C23H24ClNO4S. The summed E-state index contributed by atoms with van der Waals surface area (Å²) in [6, 6.07) is 12.0. The number of hydrogen-bond acceptors (Lipinski definition) is 4. The van der Waals surface area contributed by atoms with Crippen molar-refractivity contribution in [2.75, 3.05) is 0 Å². The molecule has 2 aromatic carbocycles. The molecule has 2 N–H and O–H groups in total. The van der Waals surface area contributed by atoms with Gasteiger partial charge in [0.2, 0.25) is 10.0 Å². The van der Waals surface area contributed by atoms with E-state index < -0.39 is 10.0 Å². The number of benzene rings is 2. The normalized spacial score (nSPS) is 21.7. The maximum atomic E-state index is 12.7. The van der Waals surface area contributed by atoms with Crippen LogP contribution in [0, 0.1) is 5.92 Å². The Morgan fingerprint density at radius 3 is 2.53 bits per heavy atom. The summed E-state index contributed by atoms with van der Waals surface area (Å²) in [4.78, 5) is 12.6. The molecule has 2 aliphatic rings. The molecule has 0 aromatic heterocycles. The van der Waals surface area contributed by atoms with Crippen molar-refractivity contribution < 1.29 is 18.3 Å². The van der Waals surface area contributed by atoms with Gasteiger partial charge in [-0.1, -0.05) is 29.8 Å². The van der Waals surface area contributed by atoms with Gasteiger partial charge in [0, 0.05) is 29.0 Å². The Morgan fingerprint density at radius 1 is 1.13 bits per heavy atom. The topological polar surface area (TPSA) is 83.5 Å². The van der Waals surface area contributed by atoms with Crippen LogP contribution in [-0.2, 0) is 34.1 Å². The van der Waals surface area contributed by atoms with E-state index in [4.69, 9.17) is 11.6 Å². The van der Waals surface area contributed by atoms with Crippen molar-refractivity contribution in [3.63, 3.8) is 0 Å². The second kappa shape index (κ2) is 8.17. The third kappa shape index (κ3) is 4.17. The SMILES string of the molecule is CC1=C(O)CC(Cc2cccc3c2CCC(NS(=O)(=O)c2ccc(Cl)cc2)C3)C1=O. The van der Waals surface area contributed by atoms with E-state index in [-0.39, 0.29) is 28.4 Å². The lowest BCUT2D eigenvalue weighted by atomic mass is 9.82. The van der Waals surface area contributed by atoms with E-state index in [0.29, 0.717) is 36.3 Å². The molecule has 0 amide bonds. The average Bonchev–Trinajstić information content (AvgIpc) is 2.95. The highest BCUT2D eigenvalue weighted by Crippen LogP contribution is 2.32. The summed E-state index contributed by atoms with van der Waals surface area (Å²) < 4.78 is 28.2. The predicted octanol–water partition coefficient (Wildman–Crippen LogP) is 4.14. The van der Waals surface area contributed by atoms with Crippen LogP contribution in [0.3, 0.4) is 0 Å². The quantitative estimate of drug-likeness (QED) is 0.724. The number of hydrogen-bond donors (Lipinski definition) is 2. The van der Waals surface area contributed by atoms with Crippen LogP contribution in [-0.4, -0.2) is 25.3 Å². The fourth-order valence-electron chi connectivity index (χ4n) is 4.44. The number of nitrogens with one attached hydrogen (secondary N) is 1. The summed E-state index contributed by atoms with van der Waals surface area (Å²) in [6.07, 6.45) is 3.05. The molecule has 0 radical (unpaired) electrons. The van der Waals surface area contributed by atoms with Crippen LogP contribution >= 0.6 is 11.6 Å². The first-order chi connectivity index (χ1) is 14.2. The van der Waals surface area contributed by atoms with E-state index in [1.807, 2.05) is 18.2 Å². The van der Waals surface area contributed by atoms with E-state index in [9.17, 15) is 18.3 Å². The van der Waals surface area contributed by atoms with Crippen LogP contribution in [0.1, 0.15) is 36.5 Å².